The number of carbonyl (C=O) groups excluding carboxylic acids is 1. The van der Waals surface area contributed by atoms with Gasteiger partial charge in [0.15, 0.2) is 0 Å². The molecule has 0 saturated carbocycles. The molecule has 0 bridgehead atoms. The third-order valence-corrected chi connectivity index (χ3v) is 2.26. The van der Waals surface area contributed by atoms with E-state index in [9.17, 15) is 4.79 Å². The summed E-state index contributed by atoms with van der Waals surface area (Å²) in [6.45, 7) is 0. The van der Waals surface area contributed by atoms with Crippen molar-refractivity contribution in [2.24, 2.45) is 0 Å². The Morgan fingerprint density at radius 2 is 2.36 bits per heavy atom. The summed E-state index contributed by atoms with van der Waals surface area (Å²) >= 11 is 9.07. The standard InChI is InChI=1S/C9H6BrClN2O/c10-6-1-2-7(11)8(5-6)13-9(14)3-4-12/h1-2,5H,3H2,(H,13,14). The maximum Gasteiger partial charge on any atom is 0.238 e. The van der Waals surface area contributed by atoms with E-state index >= 15 is 0 Å². The molecule has 1 aromatic rings. The molecule has 0 atom stereocenters. The van der Waals surface area contributed by atoms with E-state index in [0.29, 0.717) is 10.7 Å². The Hall–Kier alpha value is -1.05. The van der Waals surface area contributed by atoms with Crippen molar-refractivity contribution in [1.29, 1.82) is 5.26 Å². The van der Waals surface area contributed by atoms with Crippen molar-refractivity contribution in [2.75, 3.05) is 5.32 Å². The van der Waals surface area contributed by atoms with E-state index in [1.807, 2.05) is 0 Å². The summed E-state index contributed by atoms with van der Waals surface area (Å²) < 4.78 is 0.814. The minimum absolute atomic E-state index is 0.178. The number of halogens is 2. The van der Waals surface area contributed by atoms with Crippen molar-refractivity contribution in [1.82, 2.24) is 0 Å². The topological polar surface area (TPSA) is 52.9 Å². The van der Waals surface area contributed by atoms with Gasteiger partial charge in [-0.15, -0.1) is 0 Å². The zero-order valence-electron chi connectivity index (χ0n) is 7.05. The largest absolute Gasteiger partial charge is 0.324 e. The lowest BCUT2D eigenvalue weighted by Gasteiger charge is -2.05. The van der Waals surface area contributed by atoms with Crippen LogP contribution in [0.5, 0.6) is 0 Å². The molecule has 1 N–H and O–H groups in total. The molecule has 0 aromatic heterocycles. The number of nitriles is 1. The molecular formula is C9H6BrClN2O. The number of hydrogen-bond acceptors (Lipinski definition) is 2. The van der Waals surface area contributed by atoms with Gasteiger partial charge in [-0.25, -0.2) is 0 Å². The number of hydrogen-bond donors (Lipinski definition) is 1. The molecule has 0 aliphatic rings. The number of nitrogens with one attached hydrogen (secondary N) is 1. The summed E-state index contributed by atoms with van der Waals surface area (Å²) in [5.74, 6) is -0.368. The van der Waals surface area contributed by atoms with Crippen molar-refractivity contribution < 1.29 is 4.79 Å². The van der Waals surface area contributed by atoms with E-state index in [1.165, 1.54) is 0 Å². The first kappa shape index (κ1) is 11.0. The van der Waals surface area contributed by atoms with Gasteiger partial charge in [0.05, 0.1) is 16.8 Å². The maximum atomic E-state index is 11.1. The van der Waals surface area contributed by atoms with Gasteiger partial charge in [0, 0.05) is 4.47 Å². The van der Waals surface area contributed by atoms with Gasteiger partial charge >= 0.3 is 0 Å². The summed E-state index contributed by atoms with van der Waals surface area (Å²) in [5.41, 5.74) is 0.501. The fourth-order valence-corrected chi connectivity index (χ4v) is 1.39. The van der Waals surface area contributed by atoms with E-state index < -0.39 is 0 Å². The van der Waals surface area contributed by atoms with Crippen LogP contribution < -0.4 is 5.32 Å². The number of anilines is 1. The van der Waals surface area contributed by atoms with Crippen LogP contribution in [0, 0.1) is 11.3 Å². The van der Waals surface area contributed by atoms with E-state index in [1.54, 1.807) is 24.3 Å². The molecule has 0 fully saturated rings. The van der Waals surface area contributed by atoms with Crippen LogP contribution in [0.2, 0.25) is 5.02 Å². The Morgan fingerprint density at radius 1 is 1.64 bits per heavy atom. The molecule has 0 heterocycles. The van der Waals surface area contributed by atoms with Crippen LogP contribution in [-0.4, -0.2) is 5.91 Å². The Bertz CT molecular complexity index is 400. The van der Waals surface area contributed by atoms with Crippen LogP contribution >= 0.6 is 27.5 Å². The number of nitrogens with zero attached hydrogens (tertiary/aromatic N) is 1. The summed E-state index contributed by atoms with van der Waals surface area (Å²) in [6, 6.07) is 6.86. The summed E-state index contributed by atoms with van der Waals surface area (Å²) in [6.07, 6.45) is -0.178. The summed E-state index contributed by atoms with van der Waals surface area (Å²) in [5, 5.41) is 11.3. The molecule has 14 heavy (non-hydrogen) atoms. The van der Waals surface area contributed by atoms with E-state index in [0.717, 1.165) is 4.47 Å². The lowest BCUT2D eigenvalue weighted by molar-refractivity contribution is -0.115. The lowest BCUT2D eigenvalue weighted by Crippen LogP contribution is -2.10. The minimum atomic E-state index is -0.368. The monoisotopic (exact) mass is 272 g/mol. The van der Waals surface area contributed by atoms with Gasteiger partial charge in [0.2, 0.25) is 5.91 Å². The number of rotatable bonds is 2. The molecule has 72 valence electrons. The average molecular weight is 274 g/mol. The van der Waals surface area contributed by atoms with E-state index in [4.69, 9.17) is 16.9 Å². The highest BCUT2D eigenvalue weighted by Crippen LogP contribution is 2.25. The smallest absolute Gasteiger partial charge is 0.238 e. The van der Waals surface area contributed by atoms with Gasteiger partial charge in [-0.3, -0.25) is 4.79 Å². The zero-order valence-corrected chi connectivity index (χ0v) is 9.39. The van der Waals surface area contributed by atoms with Crippen LogP contribution in [0.15, 0.2) is 22.7 Å². The first-order chi connectivity index (χ1) is 6.63. The van der Waals surface area contributed by atoms with E-state index in [2.05, 4.69) is 21.2 Å². The summed E-state index contributed by atoms with van der Waals surface area (Å²) in [4.78, 5) is 11.1. The highest BCUT2D eigenvalue weighted by Gasteiger charge is 2.05. The number of carbonyl (C=O) groups is 1. The van der Waals surface area contributed by atoms with Gasteiger partial charge in [0.1, 0.15) is 6.42 Å². The Balaban J connectivity index is 2.81. The Morgan fingerprint density at radius 3 is 3.00 bits per heavy atom. The van der Waals surface area contributed by atoms with Crippen LogP contribution in [-0.2, 0) is 4.79 Å². The molecule has 0 radical (unpaired) electrons. The van der Waals surface area contributed by atoms with Gasteiger partial charge in [-0.2, -0.15) is 5.26 Å². The zero-order chi connectivity index (χ0) is 10.6. The molecule has 0 aliphatic heterocycles. The Labute approximate surface area is 94.8 Å². The molecule has 1 aromatic carbocycles. The highest BCUT2D eigenvalue weighted by atomic mass is 79.9. The predicted molar refractivity (Wildman–Crippen MR) is 58.0 cm³/mol. The molecule has 5 heteroatoms. The highest BCUT2D eigenvalue weighted by molar-refractivity contribution is 9.10. The fraction of sp³-hybridized carbons (Fsp3) is 0.111. The van der Waals surface area contributed by atoms with Gasteiger partial charge in [0.25, 0.3) is 0 Å². The predicted octanol–water partition coefficient (Wildman–Crippen LogP) is 2.95. The van der Waals surface area contributed by atoms with Gasteiger partial charge in [-0.05, 0) is 18.2 Å². The first-order valence-corrected chi connectivity index (χ1v) is 4.92. The third kappa shape index (κ3) is 3.02. The maximum absolute atomic E-state index is 11.1. The first-order valence-electron chi connectivity index (χ1n) is 3.75. The van der Waals surface area contributed by atoms with Crippen molar-refractivity contribution in [3.63, 3.8) is 0 Å². The van der Waals surface area contributed by atoms with Crippen molar-refractivity contribution >= 4 is 39.1 Å². The van der Waals surface area contributed by atoms with Crippen LogP contribution in [0.4, 0.5) is 5.69 Å². The van der Waals surface area contributed by atoms with Crippen LogP contribution in [0.3, 0.4) is 0 Å². The number of benzene rings is 1. The van der Waals surface area contributed by atoms with Crippen LogP contribution in [0.25, 0.3) is 0 Å². The van der Waals surface area contributed by atoms with Crippen LogP contribution in [0.1, 0.15) is 6.42 Å². The normalized spacial score (nSPS) is 9.21. The van der Waals surface area contributed by atoms with Crippen molar-refractivity contribution in [3.05, 3.63) is 27.7 Å². The molecule has 3 nitrogen and oxygen atoms in total. The molecule has 1 amide bonds. The second-order valence-corrected chi connectivity index (χ2v) is 3.83. The molecule has 0 aliphatic carbocycles. The average Bonchev–Trinajstić information content (AvgIpc) is 2.12. The Kier molecular flexibility index (Phi) is 3.93. The fourth-order valence-electron chi connectivity index (χ4n) is 0.859. The second-order valence-electron chi connectivity index (χ2n) is 2.51. The van der Waals surface area contributed by atoms with Gasteiger partial charge < -0.3 is 5.32 Å². The molecular weight excluding hydrogens is 267 g/mol. The quantitative estimate of drug-likeness (QED) is 0.900. The van der Waals surface area contributed by atoms with Crippen molar-refractivity contribution in [3.8, 4) is 6.07 Å². The van der Waals surface area contributed by atoms with Crippen molar-refractivity contribution in [2.45, 2.75) is 6.42 Å². The molecule has 0 saturated heterocycles. The molecule has 0 spiro atoms. The lowest BCUT2D eigenvalue weighted by atomic mass is 10.3. The SMILES string of the molecule is N#CCC(=O)Nc1cc(Br)ccc1Cl. The summed E-state index contributed by atoms with van der Waals surface area (Å²) in [7, 11) is 0. The molecule has 0 unspecified atom stereocenters. The third-order valence-electron chi connectivity index (χ3n) is 1.44. The minimum Gasteiger partial charge on any atom is -0.324 e. The number of amides is 1. The molecule has 1 rings (SSSR count). The van der Waals surface area contributed by atoms with Gasteiger partial charge in [-0.1, -0.05) is 27.5 Å². The van der Waals surface area contributed by atoms with E-state index in [-0.39, 0.29) is 12.3 Å². The second kappa shape index (κ2) is 4.99.